The topological polar surface area (TPSA) is 29.5 Å². The number of piperidine rings is 1. The molecule has 0 aromatic carbocycles. The predicted molar refractivity (Wildman–Crippen MR) is 60.9 cm³/mol. The lowest BCUT2D eigenvalue weighted by Crippen LogP contribution is -2.45. The van der Waals surface area contributed by atoms with Crippen LogP contribution in [-0.4, -0.2) is 37.1 Å². The Morgan fingerprint density at radius 1 is 1.25 bits per heavy atom. The van der Waals surface area contributed by atoms with Crippen molar-refractivity contribution in [2.75, 3.05) is 20.2 Å². The van der Waals surface area contributed by atoms with Crippen LogP contribution >= 0.6 is 0 Å². The van der Waals surface area contributed by atoms with Gasteiger partial charge >= 0.3 is 0 Å². The Bertz CT molecular complexity index is 282. The molecule has 1 saturated heterocycles. The number of methoxy groups -OCH3 is 1. The standard InChI is InChI=1S/C13H21NO2/c1-16-12-3-2-4-14(8-12)13(15)11-6-9-5-10(9)7-11/h9-12H,2-8H2,1H3. The first kappa shape index (κ1) is 10.6. The Balaban J connectivity index is 1.57. The van der Waals surface area contributed by atoms with Crippen LogP contribution in [0.5, 0.6) is 0 Å². The molecular weight excluding hydrogens is 202 g/mol. The molecule has 1 amide bonds. The molecule has 2 saturated carbocycles. The van der Waals surface area contributed by atoms with Gasteiger partial charge in [-0.3, -0.25) is 4.79 Å². The molecule has 2 aliphatic carbocycles. The van der Waals surface area contributed by atoms with Gasteiger partial charge in [-0.15, -0.1) is 0 Å². The lowest BCUT2D eigenvalue weighted by molar-refractivity contribution is -0.139. The van der Waals surface area contributed by atoms with Crippen molar-refractivity contribution in [2.24, 2.45) is 17.8 Å². The highest BCUT2D eigenvalue weighted by molar-refractivity contribution is 5.79. The number of carbonyl (C=O) groups excluding carboxylic acids is 1. The van der Waals surface area contributed by atoms with Crippen molar-refractivity contribution in [2.45, 2.75) is 38.2 Å². The highest BCUT2D eigenvalue weighted by Gasteiger charge is 2.48. The number of fused-ring (bicyclic) bond motifs is 1. The van der Waals surface area contributed by atoms with Crippen LogP contribution in [-0.2, 0) is 9.53 Å². The molecule has 0 bridgehead atoms. The first-order chi connectivity index (χ1) is 7.78. The van der Waals surface area contributed by atoms with Crippen molar-refractivity contribution < 1.29 is 9.53 Å². The van der Waals surface area contributed by atoms with E-state index in [4.69, 9.17) is 4.74 Å². The number of nitrogens with zero attached hydrogens (tertiary/aromatic N) is 1. The third kappa shape index (κ3) is 1.86. The summed E-state index contributed by atoms with van der Waals surface area (Å²) in [7, 11) is 1.75. The number of hydrogen-bond acceptors (Lipinski definition) is 2. The van der Waals surface area contributed by atoms with E-state index in [1.165, 1.54) is 6.42 Å². The third-order valence-corrected chi connectivity index (χ3v) is 4.62. The summed E-state index contributed by atoms with van der Waals surface area (Å²) in [5.41, 5.74) is 0. The number of likely N-dealkylation sites (tertiary alicyclic amines) is 1. The summed E-state index contributed by atoms with van der Waals surface area (Å²) in [5.74, 6) is 2.56. The normalized spacial score (nSPS) is 41.9. The van der Waals surface area contributed by atoms with E-state index in [0.717, 1.165) is 50.6 Å². The summed E-state index contributed by atoms with van der Waals surface area (Å²) < 4.78 is 5.37. The SMILES string of the molecule is COC1CCCN(C(=O)C2CC3CC3C2)C1. The predicted octanol–water partition coefficient (Wildman–Crippen LogP) is 1.67. The Labute approximate surface area is 97.1 Å². The molecular formula is C13H21NO2. The molecule has 1 heterocycles. The van der Waals surface area contributed by atoms with E-state index < -0.39 is 0 Å². The van der Waals surface area contributed by atoms with Gasteiger partial charge in [0.2, 0.25) is 5.91 Å². The minimum absolute atomic E-state index is 0.272. The number of carbonyl (C=O) groups is 1. The van der Waals surface area contributed by atoms with E-state index in [-0.39, 0.29) is 6.10 Å². The molecule has 3 fully saturated rings. The number of ether oxygens (including phenoxy) is 1. The Morgan fingerprint density at radius 2 is 2.00 bits per heavy atom. The van der Waals surface area contributed by atoms with E-state index in [0.29, 0.717) is 11.8 Å². The van der Waals surface area contributed by atoms with Crippen LogP contribution < -0.4 is 0 Å². The van der Waals surface area contributed by atoms with Gasteiger partial charge in [0.25, 0.3) is 0 Å². The summed E-state index contributed by atoms with van der Waals surface area (Å²) in [6.07, 6.45) is 6.20. The zero-order valence-corrected chi connectivity index (χ0v) is 10.0. The fraction of sp³-hybridized carbons (Fsp3) is 0.923. The highest BCUT2D eigenvalue weighted by Crippen LogP contribution is 2.54. The maximum atomic E-state index is 12.3. The van der Waals surface area contributed by atoms with Crippen LogP contribution in [0.4, 0.5) is 0 Å². The number of rotatable bonds is 2. The first-order valence-corrected chi connectivity index (χ1v) is 6.59. The molecule has 0 spiro atoms. The molecule has 3 nitrogen and oxygen atoms in total. The van der Waals surface area contributed by atoms with Crippen molar-refractivity contribution >= 4 is 5.91 Å². The van der Waals surface area contributed by atoms with Crippen molar-refractivity contribution in [1.29, 1.82) is 0 Å². The summed E-state index contributed by atoms with van der Waals surface area (Å²) in [4.78, 5) is 14.3. The molecule has 0 N–H and O–H groups in total. The summed E-state index contributed by atoms with van der Waals surface area (Å²) >= 11 is 0. The largest absolute Gasteiger partial charge is 0.380 e. The monoisotopic (exact) mass is 223 g/mol. The van der Waals surface area contributed by atoms with Crippen LogP contribution in [0.15, 0.2) is 0 Å². The van der Waals surface area contributed by atoms with Gasteiger partial charge in [-0.2, -0.15) is 0 Å². The molecule has 90 valence electrons. The van der Waals surface area contributed by atoms with Crippen molar-refractivity contribution in [3.63, 3.8) is 0 Å². The van der Waals surface area contributed by atoms with Gasteiger partial charge in [0.1, 0.15) is 0 Å². The van der Waals surface area contributed by atoms with E-state index in [1.54, 1.807) is 7.11 Å². The Hall–Kier alpha value is -0.570. The minimum Gasteiger partial charge on any atom is -0.380 e. The lowest BCUT2D eigenvalue weighted by atomic mass is 9.99. The molecule has 16 heavy (non-hydrogen) atoms. The van der Waals surface area contributed by atoms with Crippen molar-refractivity contribution in [3.8, 4) is 0 Å². The van der Waals surface area contributed by atoms with Gasteiger partial charge in [0, 0.05) is 26.1 Å². The second-order valence-electron chi connectivity index (χ2n) is 5.71. The van der Waals surface area contributed by atoms with E-state index in [1.807, 2.05) is 4.90 Å². The molecule has 1 aliphatic heterocycles. The Kier molecular flexibility index (Phi) is 2.66. The second kappa shape index (κ2) is 4.02. The van der Waals surface area contributed by atoms with Crippen LogP contribution in [0.25, 0.3) is 0 Å². The van der Waals surface area contributed by atoms with Gasteiger partial charge in [0.15, 0.2) is 0 Å². The zero-order valence-electron chi connectivity index (χ0n) is 10.0. The zero-order chi connectivity index (χ0) is 11.1. The molecule has 3 heteroatoms. The summed E-state index contributed by atoms with van der Waals surface area (Å²) in [6, 6.07) is 0. The maximum Gasteiger partial charge on any atom is 0.225 e. The van der Waals surface area contributed by atoms with Gasteiger partial charge in [-0.1, -0.05) is 0 Å². The average Bonchev–Trinajstić information content (AvgIpc) is 2.95. The Morgan fingerprint density at radius 3 is 2.69 bits per heavy atom. The minimum atomic E-state index is 0.272. The summed E-state index contributed by atoms with van der Waals surface area (Å²) in [6.45, 7) is 1.77. The molecule has 3 aliphatic rings. The van der Waals surface area contributed by atoms with Gasteiger partial charge in [-0.05, 0) is 43.9 Å². The number of hydrogen-bond donors (Lipinski definition) is 0. The van der Waals surface area contributed by atoms with Crippen LogP contribution in [0, 0.1) is 17.8 Å². The van der Waals surface area contributed by atoms with Crippen LogP contribution in [0.1, 0.15) is 32.1 Å². The second-order valence-corrected chi connectivity index (χ2v) is 5.71. The molecule has 3 rings (SSSR count). The van der Waals surface area contributed by atoms with E-state index in [2.05, 4.69) is 0 Å². The fourth-order valence-electron chi connectivity index (χ4n) is 3.51. The van der Waals surface area contributed by atoms with E-state index in [9.17, 15) is 4.79 Å². The quantitative estimate of drug-likeness (QED) is 0.712. The number of amides is 1. The fourth-order valence-corrected chi connectivity index (χ4v) is 3.51. The first-order valence-electron chi connectivity index (χ1n) is 6.59. The van der Waals surface area contributed by atoms with Crippen molar-refractivity contribution in [1.82, 2.24) is 4.90 Å². The molecule has 0 aromatic rings. The van der Waals surface area contributed by atoms with E-state index >= 15 is 0 Å². The highest BCUT2D eigenvalue weighted by atomic mass is 16.5. The average molecular weight is 223 g/mol. The van der Waals surface area contributed by atoms with Gasteiger partial charge in [-0.25, -0.2) is 0 Å². The molecule has 3 unspecified atom stereocenters. The van der Waals surface area contributed by atoms with Gasteiger partial charge in [0.05, 0.1) is 6.10 Å². The van der Waals surface area contributed by atoms with Gasteiger partial charge < -0.3 is 9.64 Å². The third-order valence-electron chi connectivity index (χ3n) is 4.62. The lowest BCUT2D eigenvalue weighted by Gasteiger charge is -2.33. The molecule has 0 aromatic heterocycles. The van der Waals surface area contributed by atoms with Crippen molar-refractivity contribution in [3.05, 3.63) is 0 Å². The molecule has 3 atom stereocenters. The van der Waals surface area contributed by atoms with Crippen LogP contribution in [0.3, 0.4) is 0 Å². The van der Waals surface area contributed by atoms with Crippen LogP contribution in [0.2, 0.25) is 0 Å². The summed E-state index contributed by atoms with van der Waals surface area (Å²) in [5, 5.41) is 0. The maximum absolute atomic E-state index is 12.3. The smallest absolute Gasteiger partial charge is 0.225 e. The molecule has 0 radical (unpaired) electrons.